The van der Waals surface area contributed by atoms with E-state index in [1.807, 2.05) is 30.3 Å². The van der Waals surface area contributed by atoms with E-state index >= 15 is 0 Å². The molecule has 1 fully saturated rings. The third kappa shape index (κ3) is 4.54. The number of hydrogen-bond acceptors (Lipinski definition) is 8. The van der Waals surface area contributed by atoms with Gasteiger partial charge in [0.1, 0.15) is 24.3 Å². The van der Waals surface area contributed by atoms with Crippen LogP contribution in [-0.4, -0.2) is 57.6 Å². The van der Waals surface area contributed by atoms with E-state index in [4.69, 9.17) is 18.9 Å². The molecular weight excluding hydrogens is 408 g/mol. The van der Waals surface area contributed by atoms with E-state index in [1.54, 1.807) is 33.7 Å². The van der Waals surface area contributed by atoms with E-state index in [-0.39, 0.29) is 6.04 Å². The van der Waals surface area contributed by atoms with Gasteiger partial charge in [-0.25, -0.2) is 0 Å². The molecule has 0 radical (unpaired) electrons. The summed E-state index contributed by atoms with van der Waals surface area (Å²) in [7, 11) is 4.90. The Morgan fingerprint density at radius 3 is 2.50 bits per heavy atom. The van der Waals surface area contributed by atoms with Gasteiger partial charge in [0, 0.05) is 54.9 Å². The first-order chi connectivity index (χ1) is 15.6. The van der Waals surface area contributed by atoms with Crippen molar-refractivity contribution < 1.29 is 18.9 Å². The fourth-order valence-electron chi connectivity index (χ4n) is 3.88. The van der Waals surface area contributed by atoms with Crippen LogP contribution in [-0.2, 0) is 0 Å². The number of nitrogens with one attached hydrogen (secondary N) is 1. The van der Waals surface area contributed by atoms with Gasteiger partial charge >= 0.3 is 0 Å². The largest absolute Gasteiger partial charge is 0.497 e. The summed E-state index contributed by atoms with van der Waals surface area (Å²) < 4.78 is 22.5. The van der Waals surface area contributed by atoms with Crippen molar-refractivity contribution in [1.29, 1.82) is 5.26 Å². The van der Waals surface area contributed by atoms with Crippen molar-refractivity contribution in [2.24, 2.45) is 0 Å². The van der Waals surface area contributed by atoms with Gasteiger partial charge in [-0.1, -0.05) is 0 Å². The summed E-state index contributed by atoms with van der Waals surface area (Å²) >= 11 is 0. The van der Waals surface area contributed by atoms with E-state index in [9.17, 15) is 5.26 Å². The fraction of sp³-hybridized carbons (Fsp3) is 0.333. The predicted molar refractivity (Wildman–Crippen MR) is 120 cm³/mol. The molecule has 166 valence electrons. The summed E-state index contributed by atoms with van der Waals surface area (Å²) in [6, 6.07) is 11.9. The summed E-state index contributed by atoms with van der Waals surface area (Å²) in [5, 5.41) is 14.6. The second-order valence-corrected chi connectivity index (χ2v) is 7.53. The second kappa shape index (κ2) is 9.73. The van der Waals surface area contributed by atoms with Crippen molar-refractivity contribution >= 4 is 10.8 Å². The van der Waals surface area contributed by atoms with Gasteiger partial charge < -0.3 is 24.3 Å². The molecule has 0 bridgehead atoms. The second-order valence-electron chi connectivity index (χ2n) is 7.53. The van der Waals surface area contributed by atoms with Crippen LogP contribution in [0.1, 0.15) is 17.2 Å². The quantitative estimate of drug-likeness (QED) is 0.607. The van der Waals surface area contributed by atoms with Gasteiger partial charge in [-0.2, -0.15) is 5.26 Å². The van der Waals surface area contributed by atoms with Crippen LogP contribution in [0.15, 0.2) is 42.7 Å². The number of pyridine rings is 1. The number of piperazine rings is 1. The molecule has 1 aromatic heterocycles. The molecule has 0 amide bonds. The Labute approximate surface area is 187 Å². The van der Waals surface area contributed by atoms with E-state index < -0.39 is 0 Å². The summed E-state index contributed by atoms with van der Waals surface area (Å²) in [4.78, 5) is 6.35. The topological polar surface area (TPSA) is 88.9 Å². The highest BCUT2D eigenvalue weighted by Crippen LogP contribution is 2.34. The molecule has 1 aliphatic heterocycles. The standard InChI is InChI=1S/C24H26N4O4/c1-29-19-6-16(7-20(9-19)30-2)22-14-28(5-4-27-22)15-32-24-10-21-17(8-23(24)31-3)12-26-13-18(21)11-25/h6-10,12-13,22,27H,4-5,14-15H2,1-3H3. The Morgan fingerprint density at radius 2 is 1.81 bits per heavy atom. The number of ether oxygens (including phenoxy) is 4. The minimum atomic E-state index is 0.117. The predicted octanol–water partition coefficient (Wildman–Crippen LogP) is 3.12. The number of nitrogens with zero attached hydrogens (tertiary/aromatic N) is 3. The number of benzene rings is 2. The Bertz CT molecular complexity index is 1120. The van der Waals surface area contributed by atoms with Gasteiger partial charge in [-0.05, 0) is 29.8 Å². The molecular formula is C24H26N4O4. The van der Waals surface area contributed by atoms with E-state index in [0.29, 0.717) is 23.8 Å². The number of rotatable bonds is 7. The first kappa shape index (κ1) is 21.7. The molecule has 0 saturated carbocycles. The van der Waals surface area contributed by atoms with Crippen LogP contribution in [0.3, 0.4) is 0 Å². The Hall–Kier alpha value is -3.54. The minimum Gasteiger partial charge on any atom is -0.497 e. The maximum atomic E-state index is 9.40. The third-order valence-electron chi connectivity index (χ3n) is 5.60. The summed E-state index contributed by atoms with van der Waals surface area (Å²) in [6.45, 7) is 2.83. The molecule has 1 aliphatic rings. The first-order valence-corrected chi connectivity index (χ1v) is 10.3. The van der Waals surface area contributed by atoms with Crippen molar-refractivity contribution in [3.63, 3.8) is 0 Å². The maximum absolute atomic E-state index is 9.40. The van der Waals surface area contributed by atoms with Crippen molar-refractivity contribution in [2.45, 2.75) is 6.04 Å². The van der Waals surface area contributed by atoms with E-state index in [2.05, 4.69) is 21.3 Å². The Morgan fingerprint density at radius 1 is 1.03 bits per heavy atom. The maximum Gasteiger partial charge on any atom is 0.163 e. The van der Waals surface area contributed by atoms with Crippen LogP contribution >= 0.6 is 0 Å². The lowest BCUT2D eigenvalue weighted by molar-refractivity contribution is 0.0926. The van der Waals surface area contributed by atoms with Crippen LogP contribution in [0.25, 0.3) is 10.8 Å². The minimum absolute atomic E-state index is 0.117. The molecule has 8 heteroatoms. The molecule has 3 aromatic rings. The lowest BCUT2D eigenvalue weighted by Crippen LogP contribution is -2.47. The number of hydrogen-bond donors (Lipinski definition) is 1. The monoisotopic (exact) mass is 434 g/mol. The van der Waals surface area contributed by atoms with E-state index in [1.165, 1.54) is 0 Å². The Kier molecular flexibility index (Phi) is 6.59. The van der Waals surface area contributed by atoms with Crippen LogP contribution in [0.5, 0.6) is 23.0 Å². The molecule has 1 N–H and O–H groups in total. The number of methoxy groups -OCH3 is 3. The molecule has 0 spiro atoms. The van der Waals surface area contributed by atoms with Crippen molar-refractivity contribution in [3.05, 3.63) is 53.9 Å². The average Bonchev–Trinajstić information content (AvgIpc) is 2.86. The smallest absolute Gasteiger partial charge is 0.163 e. The van der Waals surface area contributed by atoms with Gasteiger partial charge in [-0.3, -0.25) is 9.88 Å². The molecule has 4 rings (SSSR count). The van der Waals surface area contributed by atoms with Crippen molar-refractivity contribution in [1.82, 2.24) is 15.2 Å². The summed E-state index contributed by atoms with van der Waals surface area (Å²) in [5.41, 5.74) is 1.60. The third-order valence-corrected chi connectivity index (χ3v) is 5.60. The van der Waals surface area contributed by atoms with Gasteiger partial charge in [0.2, 0.25) is 0 Å². The SMILES string of the molecule is COc1cc(OC)cc(C2CN(COc3cc4c(C#N)cncc4cc3OC)CCN2)c1. The van der Waals surface area contributed by atoms with Gasteiger partial charge in [0.15, 0.2) is 11.5 Å². The number of aromatic nitrogens is 1. The van der Waals surface area contributed by atoms with Crippen LogP contribution in [0, 0.1) is 11.3 Å². The average molecular weight is 434 g/mol. The lowest BCUT2D eigenvalue weighted by atomic mass is 10.0. The van der Waals surface area contributed by atoms with Gasteiger partial charge in [0.05, 0.1) is 26.9 Å². The highest BCUT2D eigenvalue weighted by Gasteiger charge is 2.23. The molecule has 32 heavy (non-hydrogen) atoms. The van der Waals surface area contributed by atoms with Gasteiger partial charge in [-0.15, -0.1) is 0 Å². The highest BCUT2D eigenvalue weighted by molar-refractivity contribution is 5.89. The van der Waals surface area contributed by atoms with Gasteiger partial charge in [0.25, 0.3) is 0 Å². The molecule has 1 atom stereocenters. The van der Waals surface area contributed by atoms with Crippen LogP contribution in [0.4, 0.5) is 0 Å². The van der Waals surface area contributed by atoms with Crippen LogP contribution < -0.4 is 24.3 Å². The molecule has 1 saturated heterocycles. The first-order valence-electron chi connectivity index (χ1n) is 10.3. The highest BCUT2D eigenvalue weighted by atomic mass is 16.5. The number of fused-ring (bicyclic) bond motifs is 1. The normalized spacial score (nSPS) is 16.4. The molecule has 8 nitrogen and oxygen atoms in total. The molecule has 2 aromatic carbocycles. The summed E-state index contributed by atoms with van der Waals surface area (Å²) in [5.74, 6) is 2.73. The van der Waals surface area contributed by atoms with Crippen molar-refractivity contribution in [3.8, 4) is 29.1 Å². The summed E-state index contributed by atoms with van der Waals surface area (Å²) in [6.07, 6.45) is 3.27. The lowest BCUT2D eigenvalue weighted by Gasteiger charge is -2.34. The zero-order valence-corrected chi connectivity index (χ0v) is 18.4. The Balaban J connectivity index is 1.51. The molecule has 0 aliphatic carbocycles. The fourth-order valence-corrected chi connectivity index (χ4v) is 3.88. The number of nitriles is 1. The van der Waals surface area contributed by atoms with Crippen molar-refractivity contribution in [2.75, 3.05) is 47.7 Å². The zero-order chi connectivity index (χ0) is 22.5. The van der Waals surface area contributed by atoms with Crippen LogP contribution in [0.2, 0.25) is 0 Å². The van der Waals surface area contributed by atoms with E-state index in [0.717, 1.165) is 47.5 Å². The molecule has 1 unspecified atom stereocenters. The molecule has 2 heterocycles. The zero-order valence-electron chi connectivity index (χ0n) is 18.4.